The quantitative estimate of drug-likeness (QED) is 0.0285. The lowest BCUT2D eigenvalue weighted by Gasteiger charge is -2.45. The molecule has 6 aliphatic rings. The van der Waals surface area contributed by atoms with Gasteiger partial charge in [-0.1, -0.05) is 139 Å². The molecule has 686 valence electrons. The van der Waals surface area contributed by atoms with Crippen molar-refractivity contribution in [3.63, 3.8) is 0 Å². The minimum absolute atomic E-state index is 0.249. The number of hydrogen-bond acceptors (Lipinski definition) is 36. The summed E-state index contributed by atoms with van der Waals surface area (Å²) in [5.74, 6) is 6.41. The van der Waals surface area contributed by atoms with E-state index in [9.17, 15) is 107 Å². The van der Waals surface area contributed by atoms with E-state index < -0.39 is 256 Å². The van der Waals surface area contributed by atoms with E-state index in [-0.39, 0.29) is 19.8 Å². The van der Waals surface area contributed by atoms with Gasteiger partial charge in [-0.05, 0) is 92.3 Å². The highest BCUT2D eigenvalue weighted by molar-refractivity contribution is 7.99. The van der Waals surface area contributed by atoms with E-state index in [1.165, 1.54) is 92.9 Å². The lowest BCUT2D eigenvalue weighted by atomic mass is 9.97. The number of ether oxygens (including phenoxy) is 12. The minimum Gasteiger partial charge on any atom is -0.394 e. The van der Waals surface area contributed by atoms with E-state index in [0.717, 1.165) is 73.0 Å². The van der Waals surface area contributed by atoms with Gasteiger partial charge >= 0.3 is 0 Å². The van der Waals surface area contributed by atoms with E-state index >= 15 is 0 Å². The first-order valence-electron chi connectivity index (χ1n) is 42.4. The van der Waals surface area contributed by atoms with Crippen molar-refractivity contribution < 1.29 is 164 Å². The molecule has 6 fully saturated rings. The second-order valence-electron chi connectivity index (χ2n) is 35.3. The number of aliphatic hydroxyl groups excluding tert-OH is 21. The first-order chi connectivity index (χ1) is 55.1. The fourth-order valence-electron chi connectivity index (χ4n) is 16.1. The molecule has 0 spiro atoms. The van der Waals surface area contributed by atoms with Gasteiger partial charge in [0, 0.05) is 44.0 Å². The Bertz CT molecular complexity index is 2340. The summed E-state index contributed by atoms with van der Waals surface area (Å²) in [5, 5.41) is 217. The van der Waals surface area contributed by atoms with Gasteiger partial charge in [0.25, 0.3) is 0 Å². The number of hydrogen-bond donors (Lipinski definition) is 21. The van der Waals surface area contributed by atoms with Crippen molar-refractivity contribution in [2.45, 2.75) is 381 Å². The zero-order valence-electron chi connectivity index (χ0n) is 69.4. The Labute approximate surface area is 702 Å². The van der Waals surface area contributed by atoms with Crippen LogP contribution in [0.15, 0.2) is 0 Å². The van der Waals surface area contributed by atoms with Gasteiger partial charge in [-0.25, -0.2) is 0 Å². The summed E-state index contributed by atoms with van der Waals surface area (Å²) in [6.07, 6.45) is -29.6. The summed E-state index contributed by atoms with van der Waals surface area (Å²) in [6, 6.07) is 12.1. The predicted octanol–water partition coefficient (Wildman–Crippen LogP) is 0.163. The van der Waals surface area contributed by atoms with E-state index in [0.29, 0.717) is 19.3 Å². The Balaban J connectivity index is 0.866. The van der Waals surface area contributed by atoms with E-state index in [4.69, 9.17) is 56.8 Å². The van der Waals surface area contributed by atoms with Crippen LogP contribution >= 0.6 is 35.3 Å². The summed E-state index contributed by atoms with van der Waals surface area (Å²) in [5.41, 5.74) is 0. The first-order valence-corrected chi connectivity index (χ1v) is 59.3. The lowest BCUT2D eigenvalue weighted by Crippen LogP contribution is -2.64. The number of unbranched alkanes of at least 4 members (excludes halogenated alkanes) is 6. The maximum atomic E-state index is 11.0. The molecule has 6 heterocycles. The van der Waals surface area contributed by atoms with E-state index in [2.05, 4.69) is 45.8 Å². The zero-order chi connectivity index (χ0) is 85.5. The fraction of sp³-hybridized carbons (Fsp3) is 1.00. The van der Waals surface area contributed by atoms with Crippen molar-refractivity contribution in [3.8, 4) is 0 Å². The number of aliphatic hydroxyl groups is 21. The fourth-order valence-corrected chi connectivity index (χ4v) is 32.2. The summed E-state index contributed by atoms with van der Waals surface area (Å²) in [7, 11) is -5.87. The average molecular weight is 1800 g/mol. The second kappa shape index (κ2) is 53.4. The van der Waals surface area contributed by atoms with Crippen LogP contribution in [0.2, 0.25) is 100 Å². The molecule has 6 rings (SSSR count). The SMILES string of the molecule is C[Si](C)(CCCSCCCCCO[C@@H]1O[C@H](CO)[C@H](O[C@H]2O[C@H](CO)[C@H](O)[C@H](O)[C@H]2O)[C@H](O)[C@H]1O)CCC[Si](C)(CCC[Si](C)(C)CCCSCCCCCO[C@@H]1O[C@H](CO)[C@H](O[C@H]2O[C@H](CO)[C@H](O)[C@H](O)[C@H]2O)[C@H](O)[C@H]1O)CCC[Si](C)(C)CCCSCCCCCO[C@@H]1O[C@H](CO)[C@H](O[C@H]2O[C@H](CO)[C@H](O)[C@H](O)[C@H]2O)[C@H](O)[C@H]1O. The average Bonchev–Trinajstić information content (AvgIpc) is 0.790. The standard InChI is InChI=1S/C76H150O33S3Si4/c1-113(2,32-17-29-110-26-14-8-11-23-98-71-65(95)59(89)68(50(44-80)104-71)107-74-62(92)56(86)53(83)47(41-77)101-74)35-20-38-116(7,39-21-36-114(3,4)33-18-30-111-27-15-9-12-24-99-72-66(96)60(90)69(51(45-81)105-72)108-75-63(93)57(87)54(84)48(42-78)102-75)40-22-37-115(5,6)34-19-31-112-28-16-10-13-25-100-73-67(97)61(91)70(52(46-82)106-73)109-76-64(94)58(88)55(85)49(43-79)103-76/h47-97H,8-46H2,1-7H3/t47-,48-,49-,50-,51-,52-,53+,54+,55+,56+,57+,58+,59-,60-,61-,62-,63-,64-,65-,66-,67-,68+,69+,70+,71-,72-,73-,74-,75-,76-/m1/s1. The molecule has 0 amide bonds. The molecule has 6 aliphatic heterocycles. The van der Waals surface area contributed by atoms with Crippen LogP contribution in [0.1, 0.15) is 96.3 Å². The normalized spacial score (nSPS) is 36.5. The highest BCUT2D eigenvalue weighted by atomic mass is 32.2. The Morgan fingerprint density at radius 3 is 0.681 bits per heavy atom. The molecule has 33 nitrogen and oxygen atoms in total. The molecule has 0 radical (unpaired) electrons. The molecule has 0 saturated carbocycles. The largest absolute Gasteiger partial charge is 0.394 e. The summed E-state index contributed by atoms with van der Waals surface area (Å²) in [6.45, 7) is 14.9. The number of thioether (sulfide) groups is 3. The van der Waals surface area contributed by atoms with Crippen molar-refractivity contribution in [2.24, 2.45) is 0 Å². The van der Waals surface area contributed by atoms with Crippen molar-refractivity contribution in [1.82, 2.24) is 0 Å². The summed E-state index contributed by atoms with van der Waals surface area (Å²) >= 11 is 5.95. The van der Waals surface area contributed by atoms with Crippen LogP contribution in [-0.2, 0) is 56.8 Å². The van der Waals surface area contributed by atoms with Gasteiger partial charge in [0.2, 0.25) is 0 Å². The maximum Gasteiger partial charge on any atom is 0.187 e. The Kier molecular flexibility index (Phi) is 48.5. The number of rotatable bonds is 57. The molecule has 30 atom stereocenters. The minimum atomic E-state index is -1.75. The molecule has 0 bridgehead atoms. The molecule has 21 N–H and O–H groups in total. The molecule has 0 unspecified atom stereocenters. The van der Waals surface area contributed by atoms with Crippen LogP contribution in [0.5, 0.6) is 0 Å². The topological polar surface area (TPSA) is 536 Å². The molecular formula is C76H150O33S3Si4. The predicted molar refractivity (Wildman–Crippen MR) is 446 cm³/mol. The van der Waals surface area contributed by atoms with Crippen LogP contribution < -0.4 is 0 Å². The molecule has 0 aliphatic carbocycles. The van der Waals surface area contributed by atoms with Crippen LogP contribution in [0.25, 0.3) is 0 Å². The third-order valence-corrected chi connectivity index (χ3v) is 42.2. The van der Waals surface area contributed by atoms with Gasteiger partial charge < -0.3 is 164 Å². The van der Waals surface area contributed by atoms with Gasteiger partial charge in [0.1, 0.15) is 146 Å². The Morgan fingerprint density at radius 2 is 0.440 bits per heavy atom. The van der Waals surface area contributed by atoms with Crippen LogP contribution in [-0.4, -0.2) is 418 Å². The van der Waals surface area contributed by atoms with Crippen molar-refractivity contribution >= 4 is 67.6 Å². The molecule has 116 heavy (non-hydrogen) atoms. The molecule has 40 heteroatoms. The van der Waals surface area contributed by atoms with Crippen LogP contribution in [0.3, 0.4) is 0 Å². The summed E-state index contributed by atoms with van der Waals surface area (Å²) < 4.78 is 67.9. The van der Waals surface area contributed by atoms with Gasteiger partial charge in [-0.2, -0.15) is 35.3 Å². The van der Waals surface area contributed by atoms with Crippen molar-refractivity contribution in [1.29, 1.82) is 0 Å². The smallest absolute Gasteiger partial charge is 0.187 e. The molecule has 0 aromatic carbocycles. The molecule has 0 aromatic heterocycles. The van der Waals surface area contributed by atoms with Gasteiger partial charge in [0.05, 0.1) is 47.7 Å². The first kappa shape index (κ1) is 105. The van der Waals surface area contributed by atoms with Crippen molar-refractivity contribution in [2.75, 3.05) is 94.0 Å². The lowest BCUT2D eigenvalue weighted by molar-refractivity contribution is -0.359. The van der Waals surface area contributed by atoms with Crippen molar-refractivity contribution in [3.05, 3.63) is 0 Å². The molecule has 6 saturated heterocycles. The zero-order valence-corrected chi connectivity index (χ0v) is 75.9. The third-order valence-electron chi connectivity index (χ3n) is 23.9. The van der Waals surface area contributed by atoms with E-state index in [1.807, 2.05) is 35.3 Å². The van der Waals surface area contributed by atoms with Crippen LogP contribution in [0.4, 0.5) is 0 Å². The Hall–Kier alpha value is 0.598. The Morgan fingerprint density at radius 1 is 0.224 bits per heavy atom. The van der Waals surface area contributed by atoms with E-state index in [1.54, 1.807) is 0 Å². The van der Waals surface area contributed by atoms with Gasteiger partial charge in [-0.3, -0.25) is 0 Å². The third kappa shape index (κ3) is 33.3. The van der Waals surface area contributed by atoms with Gasteiger partial charge in [0.15, 0.2) is 37.7 Å². The highest BCUT2D eigenvalue weighted by Gasteiger charge is 2.55. The second-order valence-corrected chi connectivity index (χ2v) is 60.1. The van der Waals surface area contributed by atoms with Crippen LogP contribution in [0, 0.1) is 0 Å². The van der Waals surface area contributed by atoms with Gasteiger partial charge in [-0.15, -0.1) is 0 Å². The highest BCUT2D eigenvalue weighted by Crippen LogP contribution is 2.38. The summed E-state index contributed by atoms with van der Waals surface area (Å²) in [4.78, 5) is 0. The monoisotopic (exact) mass is 1800 g/mol. The molecular weight excluding hydrogens is 1650 g/mol. The maximum absolute atomic E-state index is 11.0. The molecule has 0 aromatic rings.